The van der Waals surface area contributed by atoms with Crippen LogP contribution in [-0.4, -0.2) is 18.1 Å². The molecule has 0 N–H and O–H groups in total. The fourth-order valence-electron chi connectivity index (χ4n) is 2.93. The van der Waals surface area contributed by atoms with Crippen molar-refractivity contribution in [2.24, 2.45) is 11.3 Å². The molecule has 0 fully saturated rings. The van der Waals surface area contributed by atoms with Gasteiger partial charge in [-0.3, -0.25) is 0 Å². The maximum atomic E-state index is 12.0. The highest BCUT2D eigenvalue weighted by Crippen LogP contribution is 2.40. The lowest BCUT2D eigenvalue weighted by Crippen LogP contribution is -2.30. The van der Waals surface area contributed by atoms with Gasteiger partial charge in [0.15, 0.2) is 0 Å². The molecule has 1 aromatic rings. The summed E-state index contributed by atoms with van der Waals surface area (Å²) in [5.74, 6) is 0.242. The first-order valence-electron chi connectivity index (χ1n) is 7.15. The fraction of sp³-hybridized carbons (Fsp3) is 0.625. The van der Waals surface area contributed by atoms with Crippen molar-refractivity contribution in [2.75, 3.05) is 7.11 Å². The van der Waals surface area contributed by atoms with Crippen molar-refractivity contribution in [1.29, 1.82) is 0 Å². The molecule has 1 unspecified atom stereocenters. The molecule has 20 heavy (non-hydrogen) atoms. The minimum absolute atomic E-state index is 0.269. The van der Waals surface area contributed by atoms with E-state index in [2.05, 4.69) is 25.8 Å². The van der Waals surface area contributed by atoms with Gasteiger partial charge in [0.25, 0.3) is 0 Å². The van der Waals surface area contributed by atoms with Crippen LogP contribution in [0.15, 0.2) is 6.07 Å². The summed E-state index contributed by atoms with van der Waals surface area (Å²) in [7, 11) is 1.40. The van der Waals surface area contributed by atoms with Crippen molar-refractivity contribution >= 4 is 17.6 Å². The molecule has 0 radical (unpaired) electrons. The van der Waals surface area contributed by atoms with Crippen LogP contribution in [0.2, 0.25) is 5.15 Å². The van der Waals surface area contributed by atoms with Gasteiger partial charge >= 0.3 is 5.97 Å². The van der Waals surface area contributed by atoms with Crippen molar-refractivity contribution in [3.05, 3.63) is 28.0 Å². The van der Waals surface area contributed by atoms with Gasteiger partial charge in [0.1, 0.15) is 5.15 Å². The Bertz CT molecular complexity index is 525. The van der Waals surface area contributed by atoms with Crippen molar-refractivity contribution in [3.8, 4) is 0 Å². The summed E-state index contributed by atoms with van der Waals surface area (Å²) in [6, 6.07) is 1.63. The Kier molecular flexibility index (Phi) is 4.38. The molecule has 0 saturated carbocycles. The van der Waals surface area contributed by atoms with Crippen LogP contribution < -0.4 is 0 Å². The minimum atomic E-state index is -0.319. The highest BCUT2D eigenvalue weighted by molar-refractivity contribution is 6.29. The molecule has 0 aromatic carbocycles. The van der Waals surface area contributed by atoms with E-state index in [9.17, 15) is 4.79 Å². The summed E-state index contributed by atoms with van der Waals surface area (Å²) in [4.78, 5) is 16.3. The van der Waals surface area contributed by atoms with Crippen LogP contribution in [0.5, 0.6) is 0 Å². The van der Waals surface area contributed by atoms with Gasteiger partial charge in [-0.05, 0) is 42.2 Å². The number of hydrogen-bond donors (Lipinski definition) is 0. The van der Waals surface area contributed by atoms with Crippen LogP contribution in [0, 0.1) is 11.3 Å². The number of methoxy groups -OCH3 is 1. The van der Waals surface area contributed by atoms with Gasteiger partial charge in [-0.15, -0.1) is 0 Å². The number of esters is 1. The predicted octanol–water partition coefficient (Wildman–Crippen LogP) is 4.06. The summed E-state index contributed by atoms with van der Waals surface area (Å²) in [6.45, 7) is 6.81. The number of rotatable bonds is 3. The Hall–Kier alpha value is -1.09. The van der Waals surface area contributed by atoms with Gasteiger partial charge in [0.05, 0.1) is 12.7 Å². The molecule has 110 valence electrons. The topological polar surface area (TPSA) is 39.2 Å². The number of ether oxygens (including phenoxy) is 1. The standard InChI is InChI=1S/C16H22ClNO2/c1-5-16(2,3)10-6-7-13-11(8-10)12(15(19)20-4)9-14(17)18-13/h9-10H,5-8H2,1-4H3. The first-order valence-corrected chi connectivity index (χ1v) is 7.53. The zero-order valence-corrected chi connectivity index (χ0v) is 13.4. The van der Waals surface area contributed by atoms with Gasteiger partial charge < -0.3 is 4.74 Å². The van der Waals surface area contributed by atoms with E-state index in [1.807, 2.05) is 0 Å². The summed E-state index contributed by atoms with van der Waals surface area (Å²) in [5.41, 5.74) is 2.84. The molecule has 0 saturated heterocycles. The Morgan fingerprint density at radius 2 is 2.25 bits per heavy atom. The van der Waals surface area contributed by atoms with E-state index in [0.29, 0.717) is 16.6 Å². The Morgan fingerprint density at radius 1 is 1.55 bits per heavy atom. The van der Waals surface area contributed by atoms with E-state index in [1.165, 1.54) is 7.11 Å². The van der Waals surface area contributed by atoms with Gasteiger partial charge in [-0.25, -0.2) is 9.78 Å². The number of pyridine rings is 1. The second-order valence-electron chi connectivity index (χ2n) is 6.19. The van der Waals surface area contributed by atoms with E-state index >= 15 is 0 Å². The third-order valence-electron chi connectivity index (χ3n) is 4.78. The summed E-state index contributed by atoms with van der Waals surface area (Å²) in [5, 5.41) is 0.373. The molecule has 1 atom stereocenters. The number of halogens is 1. The van der Waals surface area contributed by atoms with Crippen LogP contribution in [-0.2, 0) is 17.6 Å². The lowest BCUT2D eigenvalue weighted by molar-refractivity contribution is 0.0597. The molecule has 1 aliphatic carbocycles. The Labute approximate surface area is 125 Å². The molecular weight excluding hydrogens is 274 g/mol. The molecule has 0 spiro atoms. The molecule has 0 amide bonds. The number of fused-ring (bicyclic) bond motifs is 1. The van der Waals surface area contributed by atoms with Gasteiger partial charge in [-0.2, -0.15) is 0 Å². The van der Waals surface area contributed by atoms with Crippen LogP contribution in [0.3, 0.4) is 0 Å². The van der Waals surface area contributed by atoms with E-state index in [-0.39, 0.29) is 11.4 Å². The molecule has 1 heterocycles. The average Bonchev–Trinajstić information content (AvgIpc) is 2.44. The largest absolute Gasteiger partial charge is 0.465 e. The zero-order valence-electron chi connectivity index (χ0n) is 12.6. The number of hydrogen-bond acceptors (Lipinski definition) is 3. The lowest BCUT2D eigenvalue weighted by Gasteiger charge is -2.37. The predicted molar refractivity (Wildman–Crippen MR) is 80.2 cm³/mol. The van der Waals surface area contributed by atoms with E-state index in [0.717, 1.165) is 36.9 Å². The summed E-state index contributed by atoms with van der Waals surface area (Å²) >= 11 is 6.02. The number of aryl methyl sites for hydroxylation is 1. The zero-order chi connectivity index (χ0) is 14.9. The highest BCUT2D eigenvalue weighted by atomic mass is 35.5. The van der Waals surface area contributed by atoms with E-state index in [1.54, 1.807) is 6.07 Å². The van der Waals surface area contributed by atoms with E-state index < -0.39 is 0 Å². The maximum absolute atomic E-state index is 12.0. The van der Waals surface area contributed by atoms with Crippen molar-refractivity contribution < 1.29 is 9.53 Å². The second kappa shape index (κ2) is 5.72. The van der Waals surface area contributed by atoms with E-state index in [4.69, 9.17) is 16.3 Å². The highest BCUT2D eigenvalue weighted by Gasteiger charge is 2.33. The van der Waals surface area contributed by atoms with Crippen molar-refractivity contribution in [1.82, 2.24) is 4.98 Å². The molecule has 3 nitrogen and oxygen atoms in total. The minimum Gasteiger partial charge on any atom is -0.465 e. The fourth-order valence-corrected chi connectivity index (χ4v) is 3.14. The van der Waals surface area contributed by atoms with Gasteiger partial charge in [0, 0.05) is 5.69 Å². The first-order chi connectivity index (χ1) is 9.39. The van der Waals surface area contributed by atoms with Crippen molar-refractivity contribution in [3.63, 3.8) is 0 Å². The smallest absolute Gasteiger partial charge is 0.338 e. The molecule has 4 heteroatoms. The second-order valence-corrected chi connectivity index (χ2v) is 6.58. The lowest BCUT2D eigenvalue weighted by atomic mass is 9.68. The van der Waals surface area contributed by atoms with Crippen molar-refractivity contribution in [2.45, 2.75) is 46.5 Å². The molecular formula is C16H22ClNO2. The SMILES string of the molecule is CCC(C)(C)C1CCc2nc(Cl)cc(C(=O)OC)c2C1. The summed E-state index contributed by atoms with van der Waals surface area (Å²) in [6.07, 6.45) is 3.99. The molecule has 1 aromatic heterocycles. The third kappa shape index (κ3) is 2.83. The molecule has 1 aliphatic rings. The average molecular weight is 296 g/mol. The first kappa shape index (κ1) is 15.3. The number of nitrogens with zero attached hydrogens (tertiary/aromatic N) is 1. The quantitative estimate of drug-likeness (QED) is 0.623. The van der Waals surface area contributed by atoms with Crippen LogP contribution in [0.1, 0.15) is 55.2 Å². The molecule has 0 aliphatic heterocycles. The Balaban J connectivity index is 2.42. The Morgan fingerprint density at radius 3 is 2.85 bits per heavy atom. The normalized spacial score (nSPS) is 18.6. The summed E-state index contributed by atoms with van der Waals surface area (Å²) < 4.78 is 4.88. The number of carbonyl (C=O) groups excluding carboxylic acids is 1. The monoisotopic (exact) mass is 295 g/mol. The maximum Gasteiger partial charge on any atom is 0.338 e. The number of aromatic nitrogens is 1. The van der Waals surface area contributed by atoms with Crippen LogP contribution in [0.25, 0.3) is 0 Å². The van der Waals surface area contributed by atoms with Gasteiger partial charge in [-0.1, -0.05) is 38.8 Å². The van der Waals surface area contributed by atoms with Crippen LogP contribution >= 0.6 is 11.6 Å². The van der Waals surface area contributed by atoms with Crippen LogP contribution in [0.4, 0.5) is 0 Å². The number of carbonyl (C=O) groups is 1. The molecule has 0 bridgehead atoms. The third-order valence-corrected chi connectivity index (χ3v) is 4.97. The van der Waals surface area contributed by atoms with Gasteiger partial charge in [0.2, 0.25) is 0 Å². The molecule has 2 rings (SSSR count).